The number of nitrogens with one attached hydrogen (secondary N) is 1. The van der Waals surface area contributed by atoms with Gasteiger partial charge in [0.25, 0.3) is 5.91 Å². The van der Waals surface area contributed by atoms with Crippen molar-refractivity contribution in [3.63, 3.8) is 0 Å². The van der Waals surface area contributed by atoms with Crippen molar-refractivity contribution >= 4 is 11.6 Å². The molecular formula is C20H32N2O3. The van der Waals surface area contributed by atoms with Crippen LogP contribution in [0.3, 0.4) is 0 Å². The zero-order chi connectivity index (χ0) is 18.1. The number of carbonyl (C=O) groups is 1. The van der Waals surface area contributed by atoms with E-state index in [4.69, 9.17) is 9.47 Å². The second-order valence-corrected chi connectivity index (χ2v) is 7.09. The van der Waals surface area contributed by atoms with Crippen LogP contribution in [0.4, 0.5) is 5.69 Å². The summed E-state index contributed by atoms with van der Waals surface area (Å²) in [6, 6.07) is 7.52. The highest BCUT2D eigenvalue weighted by atomic mass is 16.5. The van der Waals surface area contributed by atoms with E-state index in [-0.39, 0.29) is 5.91 Å². The van der Waals surface area contributed by atoms with Crippen LogP contribution >= 0.6 is 0 Å². The summed E-state index contributed by atoms with van der Waals surface area (Å²) in [5, 5.41) is 2.90. The van der Waals surface area contributed by atoms with Gasteiger partial charge in [0, 0.05) is 18.8 Å². The molecular weight excluding hydrogens is 316 g/mol. The Bertz CT molecular complexity index is 522. The first-order valence-electron chi connectivity index (χ1n) is 9.42. The number of anilines is 1. The Morgan fingerprint density at radius 3 is 2.48 bits per heavy atom. The maximum Gasteiger partial charge on any atom is 0.256 e. The van der Waals surface area contributed by atoms with Crippen LogP contribution in [-0.2, 0) is 9.53 Å². The van der Waals surface area contributed by atoms with E-state index >= 15 is 0 Å². The van der Waals surface area contributed by atoms with Gasteiger partial charge in [-0.15, -0.1) is 0 Å². The number of carbonyl (C=O) groups excluding carboxylic acids is 1. The molecule has 140 valence electrons. The summed E-state index contributed by atoms with van der Waals surface area (Å²) in [4.78, 5) is 14.8. The Kier molecular flexibility index (Phi) is 7.72. The Balaban J connectivity index is 1.72. The fraction of sp³-hybridized carbons (Fsp3) is 0.650. The zero-order valence-electron chi connectivity index (χ0n) is 15.8. The lowest BCUT2D eigenvalue weighted by Gasteiger charge is -2.24. The largest absolute Gasteiger partial charge is 0.494 e. The lowest BCUT2D eigenvalue weighted by Crippen LogP contribution is -2.40. The van der Waals surface area contributed by atoms with Gasteiger partial charge in [-0.3, -0.25) is 4.79 Å². The van der Waals surface area contributed by atoms with Gasteiger partial charge in [0.05, 0.1) is 6.61 Å². The van der Waals surface area contributed by atoms with Gasteiger partial charge in [-0.25, -0.2) is 0 Å². The van der Waals surface area contributed by atoms with Crippen molar-refractivity contribution in [1.29, 1.82) is 0 Å². The lowest BCUT2D eigenvalue weighted by molar-refractivity contribution is -0.137. The van der Waals surface area contributed by atoms with E-state index in [0.717, 1.165) is 37.4 Å². The quantitative estimate of drug-likeness (QED) is 0.655. The number of hydrogen-bond donors (Lipinski definition) is 1. The predicted molar refractivity (Wildman–Crippen MR) is 101 cm³/mol. The van der Waals surface area contributed by atoms with Gasteiger partial charge in [0.15, 0.2) is 0 Å². The van der Waals surface area contributed by atoms with E-state index in [0.29, 0.717) is 6.61 Å². The summed E-state index contributed by atoms with van der Waals surface area (Å²) in [6.07, 6.45) is 4.59. The Labute approximate surface area is 151 Å². The second-order valence-electron chi connectivity index (χ2n) is 7.09. The van der Waals surface area contributed by atoms with Crippen LogP contribution in [-0.4, -0.2) is 49.3 Å². The van der Waals surface area contributed by atoms with Crippen LogP contribution in [0.2, 0.25) is 0 Å². The molecule has 0 aromatic heterocycles. The van der Waals surface area contributed by atoms with Crippen LogP contribution in [0, 0.1) is 0 Å². The lowest BCUT2D eigenvalue weighted by atomic mass is 10.1. The van der Waals surface area contributed by atoms with Crippen molar-refractivity contribution in [2.24, 2.45) is 0 Å². The minimum absolute atomic E-state index is 0.139. The molecule has 5 heteroatoms. The third-order valence-corrected chi connectivity index (χ3v) is 4.41. The first kappa shape index (κ1) is 19.7. The van der Waals surface area contributed by atoms with Crippen LogP contribution in [0.5, 0.6) is 5.75 Å². The average Bonchev–Trinajstić information content (AvgIpc) is 3.12. The summed E-state index contributed by atoms with van der Waals surface area (Å²) in [5.74, 6) is 0.696. The van der Waals surface area contributed by atoms with Crippen LogP contribution < -0.4 is 10.1 Å². The van der Waals surface area contributed by atoms with E-state index < -0.39 is 5.60 Å². The van der Waals surface area contributed by atoms with Crippen LogP contribution in [0.1, 0.15) is 46.5 Å². The maximum absolute atomic E-state index is 12.3. The highest BCUT2D eigenvalue weighted by Crippen LogP contribution is 2.19. The fourth-order valence-corrected chi connectivity index (χ4v) is 2.82. The molecule has 25 heavy (non-hydrogen) atoms. The summed E-state index contributed by atoms with van der Waals surface area (Å²) in [6.45, 7) is 10.5. The smallest absolute Gasteiger partial charge is 0.256 e. The summed E-state index contributed by atoms with van der Waals surface area (Å²) < 4.78 is 11.4. The first-order valence-corrected chi connectivity index (χ1v) is 9.42. The molecule has 1 aliphatic heterocycles. The molecule has 0 radical (unpaired) electrons. The molecule has 1 saturated heterocycles. The second kappa shape index (κ2) is 9.78. The zero-order valence-corrected chi connectivity index (χ0v) is 15.8. The molecule has 0 unspecified atom stereocenters. The summed E-state index contributed by atoms with van der Waals surface area (Å²) >= 11 is 0. The monoisotopic (exact) mass is 348 g/mol. The average molecular weight is 348 g/mol. The van der Waals surface area contributed by atoms with Crippen LogP contribution in [0.15, 0.2) is 24.3 Å². The molecule has 5 nitrogen and oxygen atoms in total. The van der Waals surface area contributed by atoms with Gasteiger partial charge in [-0.05, 0) is 76.9 Å². The minimum atomic E-state index is -0.833. The standard InChI is InChI=1S/C20H32N2O3/c1-4-15-25-20(2,3)19(23)21-17-8-10-18(11-9-17)24-16-7-14-22-12-5-6-13-22/h8-11H,4-7,12-16H2,1-3H3,(H,21,23). The number of nitrogens with zero attached hydrogens (tertiary/aromatic N) is 1. The highest BCUT2D eigenvalue weighted by Gasteiger charge is 2.28. The molecule has 1 heterocycles. The molecule has 2 rings (SSSR count). The van der Waals surface area contributed by atoms with Crippen molar-refractivity contribution in [3.8, 4) is 5.75 Å². The first-order chi connectivity index (χ1) is 12.0. The number of amides is 1. The molecule has 1 fully saturated rings. The molecule has 0 spiro atoms. The third kappa shape index (κ3) is 6.67. The van der Waals surface area contributed by atoms with Gasteiger partial charge in [-0.1, -0.05) is 6.92 Å². The molecule has 1 aliphatic rings. The Morgan fingerprint density at radius 2 is 1.84 bits per heavy atom. The predicted octanol–water partition coefficient (Wildman–Crippen LogP) is 3.70. The van der Waals surface area contributed by atoms with Gasteiger partial charge >= 0.3 is 0 Å². The van der Waals surface area contributed by atoms with Gasteiger partial charge in [0.2, 0.25) is 0 Å². The van der Waals surface area contributed by atoms with Crippen molar-refractivity contribution in [1.82, 2.24) is 4.90 Å². The van der Waals surface area contributed by atoms with Crippen molar-refractivity contribution in [2.75, 3.05) is 38.2 Å². The SMILES string of the molecule is CCCOC(C)(C)C(=O)Nc1ccc(OCCCN2CCCC2)cc1. The van der Waals surface area contributed by atoms with Crippen molar-refractivity contribution in [3.05, 3.63) is 24.3 Å². The molecule has 1 aromatic rings. The number of benzene rings is 1. The summed E-state index contributed by atoms with van der Waals surface area (Å²) in [5.41, 5.74) is -0.0802. The topological polar surface area (TPSA) is 50.8 Å². The molecule has 0 atom stereocenters. The van der Waals surface area contributed by atoms with E-state index in [1.807, 2.05) is 31.2 Å². The molecule has 0 aliphatic carbocycles. The van der Waals surface area contributed by atoms with E-state index in [1.165, 1.54) is 25.9 Å². The Morgan fingerprint density at radius 1 is 1.16 bits per heavy atom. The van der Waals surface area contributed by atoms with E-state index in [2.05, 4.69) is 10.2 Å². The molecule has 1 N–H and O–H groups in total. The van der Waals surface area contributed by atoms with Gasteiger partial charge in [-0.2, -0.15) is 0 Å². The number of likely N-dealkylation sites (tertiary alicyclic amines) is 1. The Hall–Kier alpha value is -1.59. The molecule has 0 saturated carbocycles. The van der Waals surface area contributed by atoms with Crippen molar-refractivity contribution in [2.45, 2.75) is 52.1 Å². The van der Waals surface area contributed by atoms with Crippen molar-refractivity contribution < 1.29 is 14.3 Å². The van der Waals surface area contributed by atoms with Gasteiger partial charge < -0.3 is 19.7 Å². The third-order valence-electron chi connectivity index (χ3n) is 4.41. The van der Waals surface area contributed by atoms with Crippen LogP contribution in [0.25, 0.3) is 0 Å². The number of hydrogen-bond acceptors (Lipinski definition) is 4. The molecule has 1 aromatic carbocycles. The fourth-order valence-electron chi connectivity index (χ4n) is 2.82. The van der Waals surface area contributed by atoms with E-state index in [1.54, 1.807) is 13.8 Å². The van der Waals surface area contributed by atoms with E-state index in [9.17, 15) is 4.79 Å². The minimum Gasteiger partial charge on any atom is -0.494 e. The van der Waals surface area contributed by atoms with Gasteiger partial charge in [0.1, 0.15) is 11.4 Å². The number of rotatable bonds is 10. The summed E-state index contributed by atoms with van der Waals surface area (Å²) in [7, 11) is 0. The molecule has 0 bridgehead atoms. The highest BCUT2D eigenvalue weighted by molar-refractivity contribution is 5.96. The molecule has 1 amide bonds. The number of ether oxygens (including phenoxy) is 2. The maximum atomic E-state index is 12.3. The normalized spacial score (nSPS) is 15.3.